The second-order valence-corrected chi connectivity index (χ2v) is 9.85. The molecule has 2 heterocycles. The van der Waals surface area contributed by atoms with Crippen molar-refractivity contribution in [3.63, 3.8) is 0 Å². The fraction of sp³-hybridized carbons (Fsp3) is 0.300. The Kier molecular flexibility index (Phi) is 6.59. The topological polar surface area (TPSA) is 75.4 Å². The molecule has 0 bridgehead atoms. The van der Waals surface area contributed by atoms with Crippen molar-refractivity contribution < 1.29 is 14.0 Å². The first kappa shape index (κ1) is 23.8. The zero-order valence-corrected chi connectivity index (χ0v) is 21.0. The van der Waals surface area contributed by atoms with Crippen molar-refractivity contribution in [3.8, 4) is 11.5 Å². The maximum Gasteiger partial charge on any atom is 0.253 e. The number of oxazole rings is 1. The predicted octanol–water partition coefficient (Wildman–Crippen LogP) is 6.24. The molecule has 1 atom stereocenters. The summed E-state index contributed by atoms with van der Waals surface area (Å²) in [5.41, 5.74) is 5.94. The molecule has 1 fully saturated rings. The highest BCUT2D eigenvalue weighted by atomic mass is 16.3. The van der Waals surface area contributed by atoms with Crippen molar-refractivity contribution in [2.24, 2.45) is 11.8 Å². The van der Waals surface area contributed by atoms with Crippen molar-refractivity contribution in [1.29, 1.82) is 0 Å². The highest BCUT2D eigenvalue weighted by Crippen LogP contribution is 2.29. The van der Waals surface area contributed by atoms with E-state index in [-0.39, 0.29) is 23.7 Å². The highest BCUT2D eigenvalue weighted by molar-refractivity contribution is 5.97. The summed E-state index contributed by atoms with van der Waals surface area (Å²) >= 11 is 0. The van der Waals surface area contributed by atoms with E-state index < -0.39 is 0 Å². The second-order valence-electron chi connectivity index (χ2n) is 9.85. The van der Waals surface area contributed by atoms with Gasteiger partial charge < -0.3 is 14.6 Å². The van der Waals surface area contributed by atoms with Gasteiger partial charge in [-0.15, -0.1) is 0 Å². The molecule has 0 radical (unpaired) electrons. The number of benzene rings is 3. The first-order valence-electron chi connectivity index (χ1n) is 12.5. The lowest BCUT2D eigenvalue weighted by Crippen LogP contribution is -2.41. The number of rotatable bonds is 5. The molecule has 6 heteroatoms. The van der Waals surface area contributed by atoms with E-state index >= 15 is 0 Å². The Morgan fingerprint density at radius 2 is 1.67 bits per heavy atom. The number of aromatic nitrogens is 1. The number of amides is 2. The van der Waals surface area contributed by atoms with Crippen LogP contribution in [0.2, 0.25) is 0 Å². The molecule has 1 aliphatic heterocycles. The Labute approximate surface area is 211 Å². The third kappa shape index (κ3) is 5.03. The Balaban J connectivity index is 1.21. The summed E-state index contributed by atoms with van der Waals surface area (Å²) in [6.07, 6.45) is 1.61. The maximum absolute atomic E-state index is 13.2. The second kappa shape index (κ2) is 9.97. The van der Waals surface area contributed by atoms with Crippen molar-refractivity contribution in [1.82, 2.24) is 9.88 Å². The van der Waals surface area contributed by atoms with Gasteiger partial charge in [-0.2, -0.15) is 0 Å². The van der Waals surface area contributed by atoms with Crippen LogP contribution in [-0.2, 0) is 4.79 Å². The van der Waals surface area contributed by atoms with Gasteiger partial charge in [0, 0.05) is 35.8 Å². The van der Waals surface area contributed by atoms with Crippen LogP contribution in [0, 0.1) is 25.7 Å². The van der Waals surface area contributed by atoms with Crippen LogP contribution in [0.3, 0.4) is 0 Å². The third-order valence-corrected chi connectivity index (χ3v) is 7.09. The van der Waals surface area contributed by atoms with Crippen LogP contribution in [0.1, 0.15) is 41.3 Å². The van der Waals surface area contributed by atoms with E-state index in [1.54, 1.807) is 12.1 Å². The number of carbonyl (C=O) groups excluding carboxylic acids is 2. The first-order chi connectivity index (χ1) is 17.4. The van der Waals surface area contributed by atoms with Crippen LogP contribution in [0.15, 0.2) is 71.1 Å². The van der Waals surface area contributed by atoms with E-state index in [1.165, 1.54) is 0 Å². The van der Waals surface area contributed by atoms with Crippen molar-refractivity contribution in [3.05, 3.63) is 83.4 Å². The lowest BCUT2D eigenvalue weighted by Gasteiger charge is -2.34. The average molecular weight is 482 g/mol. The molecular weight excluding hydrogens is 450 g/mol. The van der Waals surface area contributed by atoms with E-state index in [9.17, 15) is 9.59 Å². The molecule has 1 aromatic heterocycles. The van der Waals surface area contributed by atoms with Gasteiger partial charge >= 0.3 is 0 Å². The van der Waals surface area contributed by atoms with Gasteiger partial charge in [-0.25, -0.2) is 4.98 Å². The van der Waals surface area contributed by atoms with Gasteiger partial charge in [0.05, 0.1) is 0 Å². The van der Waals surface area contributed by atoms with Crippen molar-refractivity contribution in [2.45, 2.75) is 33.6 Å². The predicted molar refractivity (Wildman–Crippen MR) is 142 cm³/mol. The molecule has 1 saturated heterocycles. The van der Waals surface area contributed by atoms with Crippen LogP contribution < -0.4 is 5.32 Å². The molecule has 0 spiro atoms. The number of aryl methyl sites for hydroxylation is 2. The monoisotopic (exact) mass is 481 g/mol. The lowest BCUT2D eigenvalue weighted by molar-refractivity contribution is -0.121. The largest absolute Gasteiger partial charge is 0.436 e. The highest BCUT2D eigenvalue weighted by Gasteiger charge is 2.30. The summed E-state index contributed by atoms with van der Waals surface area (Å²) in [7, 11) is 0. The Morgan fingerprint density at radius 3 is 2.36 bits per heavy atom. The van der Waals surface area contributed by atoms with Crippen LogP contribution in [0.25, 0.3) is 22.6 Å². The number of hydrogen-bond donors (Lipinski definition) is 1. The van der Waals surface area contributed by atoms with E-state index in [4.69, 9.17) is 4.42 Å². The fourth-order valence-electron chi connectivity index (χ4n) is 5.07. The van der Waals surface area contributed by atoms with E-state index in [1.807, 2.05) is 74.2 Å². The third-order valence-electron chi connectivity index (χ3n) is 7.09. The van der Waals surface area contributed by atoms with Gasteiger partial charge in [-0.3, -0.25) is 9.59 Å². The standard InChI is InChI=1S/C30H31N3O3/c1-19-15-20(2)17-25(16-19)31-28(34)21(3)22-11-13-33(14-12-22)30(35)24-9-10-27-26(18-24)32-29(36-27)23-7-5-4-6-8-23/h4-10,15-18,21-22H,11-14H2,1-3H3,(H,31,34)/t21-/m1/s1. The van der Waals surface area contributed by atoms with Gasteiger partial charge in [0.25, 0.3) is 5.91 Å². The number of fused-ring (bicyclic) bond motifs is 1. The summed E-state index contributed by atoms with van der Waals surface area (Å²) < 4.78 is 5.88. The number of likely N-dealkylation sites (tertiary alicyclic amines) is 1. The smallest absolute Gasteiger partial charge is 0.253 e. The van der Waals surface area contributed by atoms with E-state index in [2.05, 4.69) is 16.4 Å². The molecule has 0 unspecified atom stereocenters. The van der Waals surface area contributed by atoms with Gasteiger partial charge in [-0.05, 0) is 86.2 Å². The Bertz CT molecular complexity index is 1380. The fourth-order valence-corrected chi connectivity index (χ4v) is 5.07. The van der Waals surface area contributed by atoms with Gasteiger partial charge in [0.2, 0.25) is 11.8 Å². The molecule has 5 rings (SSSR count). The summed E-state index contributed by atoms with van der Waals surface area (Å²) in [4.78, 5) is 32.6. The Morgan fingerprint density at radius 1 is 0.972 bits per heavy atom. The minimum Gasteiger partial charge on any atom is -0.436 e. The molecule has 0 aliphatic carbocycles. The maximum atomic E-state index is 13.2. The minimum atomic E-state index is -0.119. The zero-order chi connectivity index (χ0) is 25.2. The molecule has 2 amide bonds. The quantitative estimate of drug-likeness (QED) is 0.366. The summed E-state index contributed by atoms with van der Waals surface area (Å²) in [6, 6.07) is 21.2. The molecule has 1 aliphatic rings. The molecule has 4 aromatic rings. The molecule has 3 aromatic carbocycles. The van der Waals surface area contributed by atoms with Gasteiger partial charge in [-0.1, -0.05) is 31.2 Å². The van der Waals surface area contributed by atoms with Gasteiger partial charge in [0.1, 0.15) is 5.52 Å². The average Bonchev–Trinajstić information content (AvgIpc) is 3.31. The van der Waals surface area contributed by atoms with Gasteiger partial charge in [0.15, 0.2) is 5.58 Å². The molecule has 184 valence electrons. The van der Waals surface area contributed by atoms with Crippen molar-refractivity contribution in [2.75, 3.05) is 18.4 Å². The summed E-state index contributed by atoms with van der Waals surface area (Å²) in [5, 5.41) is 3.08. The summed E-state index contributed by atoms with van der Waals surface area (Å²) in [6.45, 7) is 7.32. The molecular formula is C30H31N3O3. The molecule has 1 N–H and O–H groups in total. The zero-order valence-electron chi connectivity index (χ0n) is 21.0. The SMILES string of the molecule is Cc1cc(C)cc(NC(=O)[C@H](C)C2CCN(C(=O)c3ccc4oc(-c5ccccc5)nc4c3)CC2)c1. The van der Waals surface area contributed by atoms with E-state index in [0.29, 0.717) is 35.6 Å². The Hall–Kier alpha value is -3.93. The molecule has 6 nitrogen and oxygen atoms in total. The van der Waals surface area contributed by atoms with Crippen LogP contribution in [-0.4, -0.2) is 34.8 Å². The molecule has 36 heavy (non-hydrogen) atoms. The van der Waals surface area contributed by atoms with Crippen LogP contribution >= 0.6 is 0 Å². The minimum absolute atomic E-state index is 0.00745. The summed E-state index contributed by atoms with van der Waals surface area (Å²) in [5.74, 6) is 0.698. The lowest BCUT2D eigenvalue weighted by atomic mass is 9.84. The number of piperidine rings is 1. The number of anilines is 1. The normalized spacial score (nSPS) is 15.1. The number of carbonyl (C=O) groups is 2. The first-order valence-corrected chi connectivity index (χ1v) is 12.5. The molecule has 0 saturated carbocycles. The number of hydrogen-bond acceptors (Lipinski definition) is 4. The van der Waals surface area contributed by atoms with Crippen LogP contribution in [0.5, 0.6) is 0 Å². The van der Waals surface area contributed by atoms with Crippen LogP contribution in [0.4, 0.5) is 5.69 Å². The van der Waals surface area contributed by atoms with Crippen molar-refractivity contribution >= 4 is 28.6 Å². The number of nitrogens with zero attached hydrogens (tertiary/aromatic N) is 2. The van der Waals surface area contributed by atoms with E-state index in [0.717, 1.165) is 35.2 Å². The number of nitrogens with one attached hydrogen (secondary N) is 1.